The van der Waals surface area contributed by atoms with Crippen LogP contribution in [-0.2, 0) is 4.79 Å². The summed E-state index contributed by atoms with van der Waals surface area (Å²) in [5.41, 5.74) is 0.873. The predicted molar refractivity (Wildman–Crippen MR) is 53.0 cm³/mol. The van der Waals surface area contributed by atoms with Gasteiger partial charge in [-0.15, -0.1) is 0 Å². The van der Waals surface area contributed by atoms with Gasteiger partial charge in [0.05, 0.1) is 18.1 Å². The number of carbonyl (C=O) groups is 1. The lowest BCUT2D eigenvalue weighted by Gasteiger charge is -2.10. The molecule has 1 aromatic heterocycles. The summed E-state index contributed by atoms with van der Waals surface area (Å²) in [6.45, 7) is 0. The van der Waals surface area contributed by atoms with E-state index in [2.05, 4.69) is 9.97 Å². The molecule has 0 fully saturated rings. The lowest BCUT2D eigenvalue weighted by atomic mass is 10.4. The maximum atomic E-state index is 10.2. The molecule has 0 bridgehead atoms. The van der Waals surface area contributed by atoms with Crippen LogP contribution in [-0.4, -0.2) is 35.1 Å². The van der Waals surface area contributed by atoms with Gasteiger partial charge in [0.15, 0.2) is 5.82 Å². The van der Waals surface area contributed by atoms with Gasteiger partial charge in [0.25, 0.3) is 0 Å². The van der Waals surface area contributed by atoms with Crippen LogP contribution in [0.15, 0.2) is 18.5 Å². The van der Waals surface area contributed by atoms with Gasteiger partial charge in [-0.3, -0.25) is 0 Å². The summed E-state index contributed by atoms with van der Waals surface area (Å²) < 4.78 is 0. The minimum atomic E-state index is -1.01. The maximum Gasteiger partial charge on any atom is 0.328 e. The first-order chi connectivity index (χ1) is 6.59. The van der Waals surface area contributed by atoms with Crippen molar-refractivity contribution in [3.05, 3.63) is 24.3 Å². The summed E-state index contributed by atoms with van der Waals surface area (Å²) in [6, 6.07) is 0. The number of carboxylic acid groups (broad SMARTS) is 1. The fourth-order valence-electron chi connectivity index (χ4n) is 0.794. The van der Waals surface area contributed by atoms with Crippen molar-refractivity contribution in [1.82, 2.24) is 9.97 Å². The van der Waals surface area contributed by atoms with Crippen molar-refractivity contribution in [2.45, 2.75) is 0 Å². The van der Waals surface area contributed by atoms with E-state index in [4.69, 9.17) is 5.11 Å². The number of nitrogens with zero attached hydrogens (tertiary/aromatic N) is 3. The highest BCUT2D eigenvalue weighted by atomic mass is 16.4. The Kier molecular flexibility index (Phi) is 3.17. The molecule has 0 unspecified atom stereocenters. The molecule has 0 aliphatic rings. The normalized spacial score (nSPS) is 10.4. The third-order valence-corrected chi connectivity index (χ3v) is 1.55. The topological polar surface area (TPSA) is 66.3 Å². The number of aromatic nitrogens is 2. The quantitative estimate of drug-likeness (QED) is 0.713. The molecule has 0 atom stereocenters. The van der Waals surface area contributed by atoms with Crippen LogP contribution >= 0.6 is 0 Å². The number of hydrogen-bond acceptors (Lipinski definition) is 4. The van der Waals surface area contributed by atoms with Crippen molar-refractivity contribution in [2.75, 3.05) is 19.0 Å². The van der Waals surface area contributed by atoms with Gasteiger partial charge in [0.1, 0.15) is 0 Å². The lowest BCUT2D eigenvalue weighted by molar-refractivity contribution is -0.131. The zero-order valence-electron chi connectivity index (χ0n) is 8.01. The van der Waals surface area contributed by atoms with E-state index in [-0.39, 0.29) is 0 Å². The number of rotatable bonds is 3. The predicted octanol–water partition coefficient (Wildman–Crippen LogP) is 0.640. The van der Waals surface area contributed by atoms with E-state index in [9.17, 15) is 4.79 Å². The van der Waals surface area contributed by atoms with Crippen LogP contribution in [0.5, 0.6) is 0 Å². The summed E-state index contributed by atoms with van der Waals surface area (Å²) in [5.74, 6) is -0.622. The van der Waals surface area contributed by atoms with Gasteiger partial charge in [-0.2, -0.15) is 0 Å². The zero-order chi connectivity index (χ0) is 10.6. The van der Waals surface area contributed by atoms with Gasteiger partial charge in [-0.05, 0) is 6.08 Å². The lowest BCUT2D eigenvalue weighted by Crippen LogP contribution is -2.09. The molecule has 1 rings (SSSR count). The zero-order valence-corrected chi connectivity index (χ0v) is 8.01. The summed E-state index contributed by atoms with van der Waals surface area (Å²) in [6.07, 6.45) is 5.62. The highest BCUT2D eigenvalue weighted by Crippen LogP contribution is 2.06. The molecule has 74 valence electrons. The molecule has 1 N–H and O–H groups in total. The van der Waals surface area contributed by atoms with Gasteiger partial charge in [-0.25, -0.2) is 14.8 Å². The van der Waals surface area contributed by atoms with E-state index in [1.165, 1.54) is 6.08 Å². The van der Waals surface area contributed by atoms with Crippen LogP contribution in [0.1, 0.15) is 5.82 Å². The van der Waals surface area contributed by atoms with Crippen molar-refractivity contribution in [1.29, 1.82) is 0 Å². The average Bonchev–Trinajstić information content (AvgIpc) is 2.15. The first-order valence-electron chi connectivity index (χ1n) is 4.00. The Labute approximate surface area is 81.7 Å². The minimum absolute atomic E-state index is 0.387. The van der Waals surface area contributed by atoms with Crippen LogP contribution in [0.25, 0.3) is 6.08 Å². The van der Waals surface area contributed by atoms with Crippen LogP contribution in [0.3, 0.4) is 0 Å². The monoisotopic (exact) mass is 193 g/mol. The summed E-state index contributed by atoms with van der Waals surface area (Å²) >= 11 is 0. The second-order valence-corrected chi connectivity index (χ2v) is 2.87. The van der Waals surface area contributed by atoms with Gasteiger partial charge in [0, 0.05) is 20.2 Å². The Hall–Kier alpha value is -1.91. The van der Waals surface area contributed by atoms with E-state index in [0.717, 1.165) is 11.8 Å². The molecule has 14 heavy (non-hydrogen) atoms. The molecular formula is C9H11N3O2. The van der Waals surface area contributed by atoms with Crippen LogP contribution < -0.4 is 4.90 Å². The highest BCUT2D eigenvalue weighted by molar-refractivity contribution is 5.84. The molecule has 0 aromatic carbocycles. The Morgan fingerprint density at radius 1 is 1.43 bits per heavy atom. The average molecular weight is 193 g/mol. The third kappa shape index (κ3) is 2.85. The number of carboxylic acids is 1. The van der Waals surface area contributed by atoms with Gasteiger partial charge in [0.2, 0.25) is 0 Å². The minimum Gasteiger partial charge on any atom is -0.478 e. The van der Waals surface area contributed by atoms with Crippen molar-refractivity contribution in [2.24, 2.45) is 0 Å². The Bertz CT molecular complexity index is 344. The standard InChI is InChI=1S/C9H11N3O2/c1-12(2)7-5-10-8(11-6-7)3-4-9(13)14/h3-6H,1-2H3,(H,13,14)/b4-3+. The molecule has 0 spiro atoms. The van der Waals surface area contributed by atoms with Crippen LogP contribution in [0, 0.1) is 0 Å². The summed E-state index contributed by atoms with van der Waals surface area (Å²) in [4.78, 5) is 20.0. The Balaban J connectivity index is 2.78. The molecule has 1 heterocycles. The summed E-state index contributed by atoms with van der Waals surface area (Å²) in [5, 5.41) is 8.37. The van der Waals surface area contributed by atoms with E-state index >= 15 is 0 Å². The Morgan fingerprint density at radius 2 is 2.00 bits per heavy atom. The van der Waals surface area contributed by atoms with Crippen molar-refractivity contribution in [3.8, 4) is 0 Å². The van der Waals surface area contributed by atoms with Crippen LogP contribution in [0.4, 0.5) is 5.69 Å². The van der Waals surface area contributed by atoms with Crippen molar-refractivity contribution in [3.63, 3.8) is 0 Å². The van der Waals surface area contributed by atoms with E-state index in [1.54, 1.807) is 12.4 Å². The smallest absolute Gasteiger partial charge is 0.328 e. The molecule has 0 radical (unpaired) electrons. The second-order valence-electron chi connectivity index (χ2n) is 2.87. The van der Waals surface area contributed by atoms with Crippen molar-refractivity contribution >= 4 is 17.7 Å². The van der Waals surface area contributed by atoms with E-state index < -0.39 is 5.97 Å². The second kappa shape index (κ2) is 4.36. The summed E-state index contributed by atoms with van der Waals surface area (Å²) in [7, 11) is 3.76. The number of anilines is 1. The van der Waals surface area contributed by atoms with Gasteiger partial charge in [-0.1, -0.05) is 0 Å². The fourth-order valence-corrected chi connectivity index (χ4v) is 0.794. The van der Waals surface area contributed by atoms with Gasteiger partial charge < -0.3 is 10.0 Å². The molecule has 0 saturated carbocycles. The Morgan fingerprint density at radius 3 is 2.43 bits per heavy atom. The molecule has 0 aliphatic carbocycles. The number of hydrogen-bond donors (Lipinski definition) is 1. The fraction of sp³-hybridized carbons (Fsp3) is 0.222. The highest BCUT2D eigenvalue weighted by Gasteiger charge is 1.96. The third-order valence-electron chi connectivity index (χ3n) is 1.55. The van der Waals surface area contributed by atoms with Crippen molar-refractivity contribution < 1.29 is 9.90 Å². The SMILES string of the molecule is CN(C)c1cnc(/C=C/C(=O)O)nc1. The molecule has 0 saturated heterocycles. The van der Waals surface area contributed by atoms with Gasteiger partial charge >= 0.3 is 5.97 Å². The molecule has 0 aliphatic heterocycles. The maximum absolute atomic E-state index is 10.2. The van der Waals surface area contributed by atoms with E-state index in [0.29, 0.717) is 5.82 Å². The molecule has 0 amide bonds. The molecule has 1 aromatic rings. The molecular weight excluding hydrogens is 182 g/mol. The first-order valence-corrected chi connectivity index (χ1v) is 4.00. The number of aliphatic carboxylic acids is 1. The van der Waals surface area contributed by atoms with E-state index in [1.807, 2.05) is 19.0 Å². The first kappa shape index (κ1) is 10.2. The molecule has 5 heteroatoms. The van der Waals surface area contributed by atoms with Crippen LogP contribution in [0.2, 0.25) is 0 Å². The molecule has 5 nitrogen and oxygen atoms in total. The largest absolute Gasteiger partial charge is 0.478 e.